The number of benzene rings is 1. The molecule has 1 heterocycles. The van der Waals surface area contributed by atoms with Crippen molar-refractivity contribution in [2.75, 3.05) is 6.54 Å². The molecule has 0 bridgehead atoms. The average Bonchev–Trinajstić information content (AvgIpc) is 2.61. The minimum atomic E-state index is -3.67. The first-order chi connectivity index (χ1) is 11.4. The number of sulfonamides is 1. The molecule has 6 nitrogen and oxygen atoms in total. The minimum Gasteiger partial charge on any atom is -0.345 e. The highest BCUT2D eigenvalue weighted by Crippen LogP contribution is 2.14. The van der Waals surface area contributed by atoms with Gasteiger partial charge in [-0.25, -0.2) is 13.1 Å². The van der Waals surface area contributed by atoms with Crippen LogP contribution in [0.5, 0.6) is 0 Å². The van der Waals surface area contributed by atoms with E-state index in [-0.39, 0.29) is 29.0 Å². The molecule has 0 saturated heterocycles. The molecule has 0 spiro atoms. The van der Waals surface area contributed by atoms with Crippen LogP contribution in [0.3, 0.4) is 0 Å². The lowest BCUT2D eigenvalue weighted by Gasteiger charge is -2.14. The SMILES string of the molecule is C=CCNS(=O)(=O)c1cccc(C(=O)NC(C)c2cccnc2)c1. The van der Waals surface area contributed by atoms with Gasteiger partial charge in [-0.2, -0.15) is 0 Å². The quantitative estimate of drug-likeness (QED) is 0.752. The van der Waals surface area contributed by atoms with Gasteiger partial charge in [0.15, 0.2) is 0 Å². The predicted octanol–water partition coefficient (Wildman–Crippen LogP) is 2.04. The summed E-state index contributed by atoms with van der Waals surface area (Å²) in [5.41, 5.74) is 1.13. The number of hydrogen-bond acceptors (Lipinski definition) is 4. The lowest BCUT2D eigenvalue weighted by Crippen LogP contribution is -2.27. The fraction of sp³-hybridized carbons (Fsp3) is 0.176. The number of carbonyl (C=O) groups excluding carboxylic acids is 1. The van der Waals surface area contributed by atoms with Crippen LogP contribution in [0.2, 0.25) is 0 Å². The molecule has 1 aromatic heterocycles. The van der Waals surface area contributed by atoms with E-state index in [9.17, 15) is 13.2 Å². The lowest BCUT2D eigenvalue weighted by atomic mass is 10.1. The van der Waals surface area contributed by atoms with Crippen LogP contribution < -0.4 is 10.0 Å². The van der Waals surface area contributed by atoms with Crippen LogP contribution in [0.4, 0.5) is 0 Å². The van der Waals surface area contributed by atoms with Crippen molar-refractivity contribution in [2.45, 2.75) is 17.9 Å². The molecule has 0 saturated carbocycles. The second kappa shape index (κ2) is 7.85. The number of rotatable bonds is 7. The zero-order valence-corrected chi connectivity index (χ0v) is 14.1. The van der Waals surface area contributed by atoms with Crippen LogP contribution >= 0.6 is 0 Å². The van der Waals surface area contributed by atoms with Crippen LogP contribution in [0, 0.1) is 0 Å². The first-order valence-corrected chi connectivity index (χ1v) is 8.84. The normalized spacial score (nSPS) is 12.4. The molecule has 0 aliphatic rings. The summed E-state index contributed by atoms with van der Waals surface area (Å²) in [6, 6.07) is 9.28. The Bertz CT molecular complexity index is 820. The van der Waals surface area contributed by atoms with Gasteiger partial charge in [-0.05, 0) is 36.8 Å². The van der Waals surface area contributed by atoms with Crippen LogP contribution in [0.15, 0.2) is 66.3 Å². The molecule has 1 amide bonds. The Morgan fingerprint density at radius 3 is 2.79 bits per heavy atom. The molecule has 7 heteroatoms. The minimum absolute atomic E-state index is 0.0334. The Morgan fingerprint density at radius 2 is 2.12 bits per heavy atom. The van der Waals surface area contributed by atoms with Gasteiger partial charge >= 0.3 is 0 Å². The summed E-state index contributed by atoms with van der Waals surface area (Å²) in [6.07, 6.45) is 4.78. The molecule has 1 unspecified atom stereocenters. The van der Waals surface area contributed by atoms with E-state index in [0.717, 1.165) is 5.56 Å². The third-order valence-electron chi connectivity index (χ3n) is 3.36. The van der Waals surface area contributed by atoms with Crippen molar-refractivity contribution in [3.05, 3.63) is 72.6 Å². The smallest absolute Gasteiger partial charge is 0.251 e. The molecule has 2 rings (SSSR count). The highest BCUT2D eigenvalue weighted by atomic mass is 32.2. The molecule has 0 aliphatic carbocycles. The van der Waals surface area contributed by atoms with Crippen LogP contribution in [0.25, 0.3) is 0 Å². The maximum absolute atomic E-state index is 12.4. The maximum Gasteiger partial charge on any atom is 0.251 e. The van der Waals surface area contributed by atoms with E-state index in [0.29, 0.717) is 0 Å². The summed E-state index contributed by atoms with van der Waals surface area (Å²) in [4.78, 5) is 16.4. The van der Waals surface area contributed by atoms with E-state index < -0.39 is 10.0 Å². The van der Waals surface area contributed by atoms with Crippen molar-refractivity contribution < 1.29 is 13.2 Å². The molecule has 2 N–H and O–H groups in total. The summed E-state index contributed by atoms with van der Waals surface area (Å²) < 4.78 is 26.6. The van der Waals surface area contributed by atoms with Gasteiger partial charge in [0.1, 0.15) is 0 Å². The Labute approximate surface area is 141 Å². The van der Waals surface area contributed by atoms with Gasteiger partial charge in [0.2, 0.25) is 10.0 Å². The number of carbonyl (C=O) groups is 1. The molecular weight excluding hydrogens is 326 g/mol. The van der Waals surface area contributed by atoms with Crippen LogP contribution in [0.1, 0.15) is 28.9 Å². The third kappa shape index (κ3) is 4.50. The molecule has 1 atom stereocenters. The van der Waals surface area contributed by atoms with Crippen LogP contribution in [-0.2, 0) is 10.0 Å². The summed E-state index contributed by atoms with van der Waals surface area (Å²) in [6.45, 7) is 5.42. The molecule has 0 aliphatic heterocycles. The number of amides is 1. The molecule has 1 aromatic carbocycles. The topological polar surface area (TPSA) is 88.2 Å². The Morgan fingerprint density at radius 1 is 1.33 bits per heavy atom. The van der Waals surface area contributed by atoms with E-state index in [4.69, 9.17) is 0 Å². The van der Waals surface area contributed by atoms with E-state index >= 15 is 0 Å². The first-order valence-electron chi connectivity index (χ1n) is 7.35. The molecule has 0 fully saturated rings. The number of aromatic nitrogens is 1. The van der Waals surface area contributed by atoms with Crippen molar-refractivity contribution in [1.82, 2.24) is 15.0 Å². The zero-order chi connectivity index (χ0) is 17.6. The van der Waals surface area contributed by atoms with Crippen molar-refractivity contribution in [3.8, 4) is 0 Å². The maximum atomic E-state index is 12.4. The standard InChI is InChI=1S/C17H19N3O3S/c1-3-9-19-24(22,23)16-8-4-6-14(11-16)17(21)20-13(2)15-7-5-10-18-12-15/h3-8,10-13,19H,1,9H2,2H3,(H,20,21). The van der Waals surface area contributed by atoms with E-state index in [1.165, 1.54) is 24.3 Å². The fourth-order valence-electron chi connectivity index (χ4n) is 2.05. The number of hydrogen-bond donors (Lipinski definition) is 2. The van der Waals surface area contributed by atoms with Crippen molar-refractivity contribution >= 4 is 15.9 Å². The van der Waals surface area contributed by atoms with E-state index in [2.05, 4.69) is 21.6 Å². The second-order valence-electron chi connectivity index (χ2n) is 5.15. The summed E-state index contributed by atoms with van der Waals surface area (Å²) in [5.74, 6) is -0.355. The summed E-state index contributed by atoms with van der Waals surface area (Å²) in [5, 5.41) is 2.82. The van der Waals surface area contributed by atoms with Gasteiger partial charge < -0.3 is 5.32 Å². The molecule has 0 radical (unpaired) electrons. The Hall–Kier alpha value is -2.51. The second-order valence-corrected chi connectivity index (χ2v) is 6.92. The van der Waals surface area contributed by atoms with Gasteiger partial charge in [0.05, 0.1) is 10.9 Å². The number of nitrogens with one attached hydrogen (secondary N) is 2. The number of nitrogens with zero attached hydrogens (tertiary/aromatic N) is 1. The fourth-order valence-corrected chi connectivity index (χ4v) is 3.10. The van der Waals surface area contributed by atoms with Gasteiger partial charge in [0.25, 0.3) is 5.91 Å². The lowest BCUT2D eigenvalue weighted by molar-refractivity contribution is 0.0939. The highest BCUT2D eigenvalue weighted by Gasteiger charge is 2.16. The van der Waals surface area contributed by atoms with E-state index in [1.807, 2.05) is 13.0 Å². The zero-order valence-electron chi connectivity index (χ0n) is 13.3. The summed E-state index contributed by atoms with van der Waals surface area (Å²) in [7, 11) is -3.67. The van der Waals surface area contributed by atoms with E-state index in [1.54, 1.807) is 24.5 Å². The molecular formula is C17H19N3O3S. The monoisotopic (exact) mass is 345 g/mol. The van der Waals surface area contributed by atoms with Crippen LogP contribution in [-0.4, -0.2) is 25.9 Å². The van der Waals surface area contributed by atoms with Crippen molar-refractivity contribution in [2.24, 2.45) is 0 Å². The van der Waals surface area contributed by atoms with Gasteiger partial charge in [-0.15, -0.1) is 6.58 Å². The Balaban J connectivity index is 2.16. The first kappa shape index (κ1) is 17.8. The predicted molar refractivity (Wildman–Crippen MR) is 91.9 cm³/mol. The summed E-state index contributed by atoms with van der Waals surface area (Å²) >= 11 is 0. The molecule has 126 valence electrons. The average molecular weight is 345 g/mol. The largest absolute Gasteiger partial charge is 0.345 e. The van der Waals surface area contributed by atoms with Gasteiger partial charge in [-0.1, -0.05) is 18.2 Å². The third-order valence-corrected chi connectivity index (χ3v) is 4.78. The van der Waals surface area contributed by atoms with Gasteiger partial charge in [-0.3, -0.25) is 9.78 Å². The van der Waals surface area contributed by atoms with Crippen molar-refractivity contribution in [1.29, 1.82) is 0 Å². The molecule has 2 aromatic rings. The highest BCUT2D eigenvalue weighted by molar-refractivity contribution is 7.89. The van der Waals surface area contributed by atoms with Gasteiger partial charge in [0, 0.05) is 24.5 Å². The molecule has 24 heavy (non-hydrogen) atoms. The van der Waals surface area contributed by atoms with Crippen molar-refractivity contribution in [3.63, 3.8) is 0 Å². The Kier molecular flexibility index (Phi) is 5.83. The number of pyridine rings is 1.